The lowest BCUT2D eigenvalue weighted by molar-refractivity contribution is 0.288. The van der Waals surface area contributed by atoms with E-state index in [1.807, 2.05) is 0 Å². The first-order valence-corrected chi connectivity index (χ1v) is 10.6. The van der Waals surface area contributed by atoms with Gasteiger partial charge in [-0.1, -0.05) is 58.4 Å². The van der Waals surface area contributed by atoms with Crippen molar-refractivity contribution >= 4 is 8.96 Å². The summed E-state index contributed by atoms with van der Waals surface area (Å²) < 4.78 is 2.88. The summed E-state index contributed by atoms with van der Waals surface area (Å²) in [5.74, 6) is 0.678. The van der Waals surface area contributed by atoms with Crippen molar-refractivity contribution in [1.29, 1.82) is 0 Å². The highest BCUT2D eigenvalue weighted by Crippen LogP contribution is 2.34. The van der Waals surface area contributed by atoms with Crippen LogP contribution in [-0.4, -0.2) is 19.6 Å². The van der Waals surface area contributed by atoms with E-state index in [0.717, 1.165) is 6.04 Å². The summed E-state index contributed by atoms with van der Waals surface area (Å²) in [6.07, 6.45) is 13.2. The molecular formula is C16H29NSi. The van der Waals surface area contributed by atoms with Gasteiger partial charge >= 0.3 is 0 Å². The number of allylic oxidation sites excluding steroid dienone is 3. The van der Waals surface area contributed by atoms with Gasteiger partial charge in [0.1, 0.15) is 8.96 Å². The molecule has 1 fully saturated rings. The van der Waals surface area contributed by atoms with Crippen LogP contribution in [0.15, 0.2) is 23.4 Å². The van der Waals surface area contributed by atoms with Crippen LogP contribution in [0.2, 0.25) is 13.1 Å². The Labute approximate surface area is 115 Å². The molecule has 0 saturated heterocycles. The van der Waals surface area contributed by atoms with Gasteiger partial charge in [0.05, 0.1) is 0 Å². The molecule has 2 heteroatoms. The predicted octanol–water partition coefficient (Wildman–Crippen LogP) is 4.47. The van der Waals surface area contributed by atoms with Crippen molar-refractivity contribution in [3.05, 3.63) is 23.4 Å². The van der Waals surface area contributed by atoms with Crippen molar-refractivity contribution in [3.63, 3.8) is 0 Å². The Morgan fingerprint density at radius 2 is 1.83 bits per heavy atom. The molecule has 18 heavy (non-hydrogen) atoms. The molecule has 2 aliphatic rings. The second-order valence-corrected chi connectivity index (χ2v) is 9.20. The van der Waals surface area contributed by atoms with Gasteiger partial charge in [-0.3, -0.25) is 0 Å². The summed E-state index contributed by atoms with van der Waals surface area (Å²) in [6, 6.07) is 0.856. The molecule has 0 unspecified atom stereocenters. The molecule has 0 spiro atoms. The van der Waals surface area contributed by atoms with Gasteiger partial charge in [0.25, 0.3) is 0 Å². The van der Waals surface area contributed by atoms with Crippen molar-refractivity contribution in [3.8, 4) is 0 Å². The second kappa shape index (κ2) is 6.09. The lowest BCUT2D eigenvalue weighted by Crippen LogP contribution is -2.43. The van der Waals surface area contributed by atoms with Gasteiger partial charge in [0.15, 0.2) is 0 Å². The van der Waals surface area contributed by atoms with E-state index in [1.165, 1.54) is 38.5 Å². The van der Waals surface area contributed by atoms with E-state index >= 15 is 0 Å². The summed E-state index contributed by atoms with van der Waals surface area (Å²) in [7, 11) is -0.756. The fraction of sp³-hybridized carbons (Fsp3) is 0.750. The SMILES string of the molecule is CC(C)C1=C(N(C2CCCCC2)[SiH](C)C)CC=C1. The highest BCUT2D eigenvalue weighted by molar-refractivity contribution is 6.53. The van der Waals surface area contributed by atoms with Crippen LogP contribution < -0.4 is 0 Å². The van der Waals surface area contributed by atoms with Crippen LogP contribution in [0, 0.1) is 5.92 Å². The molecule has 0 radical (unpaired) electrons. The summed E-state index contributed by atoms with van der Waals surface area (Å²) in [5, 5.41) is 0. The number of rotatable bonds is 4. The summed E-state index contributed by atoms with van der Waals surface area (Å²) in [4.78, 5) is 0. The summed E-state index contributed by atoms with van der Waals surface area (Å²) in [5.41, 5.74) is 3.29. The normalized spacial score (nSPS) is 21.4. The van der Waals surface area contributed by atoms with E-state index in [2.05, 4.69) is 43.7 Å². The van der Waals surface area contributed by atoms with E-state index in [4.69, 9.17) is 0 Å². The topological polar surface area (TPSA) is 3.24 Å². The highest BCUT2D eigenvalue weighted by Gasteiger charge is 2.28. The Morgan fingerprint density at radius 1 is 1.17 bits per heavy atom. The third-order valence-corrected chi connectivity index (χ3v) is 6.25. The maximum Gasteiger partial charge on any atom is 0.134 e. The molecule has 2 rings (SSSR count). The highest BCUT2D eigenvalue weighted by atomic mass is 28.3. The van der Waals surface area contributed by atoms with E-state index in [1.54, 1.807) is 11.3 Å². The van der Waals surface area contributed by atoms with Gasteiger partial charge in [-0.15, -0.1) is 0 Å². The van der Waals surface area contributed by atoms with Gasteiger partial charge in [0, 0.05) is 18.2 Å². The van der Waals surface area contributed by atoms with Gasteiger partial charge in [0.2, 0.25) is 0 Å². The van der Waals surface area contributed by atoms with Crippen LogP contribution >= 0.6 is 0 Å². The van der Waals surface area contributed by atoms with E-state index in [-0.39, 0.29) is 0 Å². The quantitative estimate of drug-likeness (QED) is 0.676. The maximum atomic E-state index is 2.88. The van der Waals surface area contributed by atoms with Crippen molar-refractivity contribution in [2.45, 2.75) is 71.5 Å². The van der Waals surface area contributed by atoms with Gasteiger partial charge < -0.3 is 4.57 Å². The third-order valence-electron chi connectivity index (χ3n) is 4.40. The van der Waals surface area contributed by atoms with Gasteiger partial charge in [-0.25, -0.2) is 0 Å². The number of hydrogen-bond acceptors (Lipinski definition) is 1. The Morgan fingerprint density at radius 3 is 2.39 bits per heavy atom. The molecule has 1 nitrogen and oxygen atoms in total. The zero-order valence-corrected chi connectivity index (χ0v) is 13.7. The van der Waals surface area contributed by atoms with Crippen LogP contribution in [0.1, 0.15) is 52.4 Å². The first-order chi connectivity index (χ1) is 8.61. The minimum Gasteiger partial charge on any atom is -0.401 e. The fourth-order valence-electron chi connectivity index (χ4n) is 3.60. The predicted molar refractivity (Wildman–Crippen MR) is 83.2 cm³/mol. The van der Waals surface area contributed by atoms with Crippen molar-refractivity contribution in [2.24, 2.45) is 5.92 Å². The Kier molecular flexibility index (Phi) is 4.71. The molecular weight excluding hydrogens is 234 g/mol. The number of hydrogen-bond donors (Lipinski definition) is 0. The molecule has 0 aromatic carbocycles. The molecule has 0 atom stereocenters. The first kappa shape index (κ1) is 13.9. The summed E-state index contributed by atoms with van der Waals surface area (Å²) >= 11 is 0. The third kappa shape index (κ3) is 2.90. The van der Waals surface area contributed by atoms with Crippen LogP contribution in [-0.2, 0) is 0 Å². The lowest BCUT2D eigenvalue weighted by atomic mass is 9.94. The molecule has 0 aliphatic heterocycles. The Bertz CT molecular complexity index is 335. The summed E-state index contributed by atoms with van der Waals surface area (Å²) in [6.45, 7) is 9.67. The van der Waals surface area contributed by atoms with Gasteiger partial charge in [-0.05, 0) is 24.3 Å². The minimum absolute atomic E-state index is 0.678. The lowest BCUT2D eigenvalue weighted by Gasteiger charge is -2.41. The van der Waals surface area contributed by atoms with E-state index in [0.29, 0.717) is 5.92 Å². The largest absolute Gasteiger partial charge is 0.401 e. The Hall–Kier alpha value is -0.503. The molecule has 2 aliphatic carbocycles. The smallest absolute Gasteiger partial charge is 0.134 e. The molecule has 102 valence electrons. The van der Waals surface area contributed by atoms with Crippen LogP contribution in [0.4, 0.5) is 0 Å². The van der Waals surface area contributed by atoms with Gasteiger partial charge in [-0.2, -0.15) is 0 Å². The first-order valence-electron chi connectivity index (χ1n) is 7.79. The fourth-order valence-corrected chi connectivity index (χ4v) is 5.62. The monoisotopic (exact) mass is 263 g/mol. The standard InChI is InChI=1S/C16H29NSi/c1-13(2)15-11-8-12-16(15)17(18(3)4)14-9-6-5-7-10-14/h8,11,13-14,18H,5-7,9-10,12H2,1-4H3. The number of nitrogens with zero attached hydrogens (tertiary/aromatic N) is 1. The molecule has 1 saturated carbocycles. The van der Waals surface area contributed by atoms with Crippen molar-refractivity contribution in [2.75, 3.05) is 0 Å². The molecule has 0 amide bonds. The van der Waals surface area contributed by atoms with Crippen LogP contribution in [0.3, 0.4) is 0 Å². The van der Waals surface area contributed by atoms with Crippen molar-refractivity contribution < 1.29 is 0 Å². The molecule has 0 bridgehead atoms. The average Bonchev–Trinajstić information content (AvgIpc) is 2.79. The minimum atomic E-state index is -0.756. The molecule has 0 heterocycles. The van der Waals surface area contributed by atoms with Crippen LogP contribution in [0.25, 0.3) is 0 Å². The maximum absolute atomic E-state index is 2.88. The zero-order chi connectivity index (χ0) is 13.1. The van der Waals surface area contributed by atoms with E-state index < -0.39 is 8.96 Å². The van der Waals surface area contributed by atoms with Crippen LogP contribution in [0.5, 0.6) is 0 Å². The Balaban J connectivity index is 2.22. The molecule has 0 aromatic rings. The molecule has 0 N–H and O–H groups in total. The van der Waals surface area contributed by atoms with Crippen molar-refractivity contribution in [1.82, 2.24) is 4.57 Å². The zero-order valence-electron chi connectivity index (χ0n) is 12.6. The molecule has 0 aromatic heterocycles. The average molecular weight is 264 g/mol. The van der Waals surface area contributed by atoms with E-state index in [9.17, 15) is 0 Å². The second-order valence-electron chi connectivity index (χ2n) is 6.46.